The summed E-state index contributed by atoms with van der Waals surface area (Å²) in [5.41, 5.74) is 5.74. The van der Waals surface area contributed by atoms with Gasteiger partial charge in [-0.05, 0) is 73.2 Å². The Morgan fingerprint density at radius 1 is 1.03 bits per heavy atom. The fourth-order valence-corrected chi connectivity index (χ4v) is 3.91. The maximum Gasteiger partial charge on any atom is 0.250 e. The van der Waals surface area contributed by atoms with E-state index in [-0.39, 0.29) is 17.4 Å². The molecule has 0 aliphatic rings. The molecule has 0 fully saturated rings. The van der Waals surface area contributed by atoms with Crippen molar-refractivity contribution in [2.75, 3.05) is 5.75 Å². The first kappa shape index (κ1) is 22.6. The van der Waals surface area contributed by atoms with Crippen LogP contribution < -0.4 is 5.43 Å². The summed E-state index contributed by atoms with van der Waals surface area (Å²) in [5, 5.41) is 23.4. The number of rotatable bonds is 7. The molecular weight excluding hydrogens is 458 g/mol. The van der Waals surface area contributed by atoms with Crippen LogP contribution in [0.3, 0.4) is 0 Å². The number of aromatic hydroxyl groups is 1. The number of halogens is 1. The molecule has 9 heteroatoms. The van der Waals surface area contributed by atoms with Gasteiger partial charge in [-0.15, -0.1) is 10.2 Å². The minimum absolute atomic E-state index is 0.109. The van der Waals surface area contributed by atoms with Gasteiger partial charge in [-0.1, -0.05) is 41.6 Å². The molecule has 0 saturated heterocycles. The number of carbonyl (C=O) groups is 1. The number of hydrogen-bond acceptors (Lipinski definition) is 6. The number of amides is 1. The maximum absolute atomic E-state index is 12.4. The molecule has 0 unspecified atom stereocenters. The van der Waals surface area contributed by atoms with Crippen LogP contribution in [0.15, 0.2) is 89.1 Å². The molecule has 0 aliphatic heterocycles. The molecule has 166 valence electrons. The summed E-state index contributed by atoms with van der Waals surface area (Å²) >= 11 is 7.30. The third-order valence-corrected chi connectivity index (χ3v) is 5.90. The van der Waals surface area contributed by atoms with E-state index in [1.54, 1.807) is 43.3 Å². The Bertz CT molecular complexity index is 1270. The van der Waals surface area contributed by atoms with Crippen LogP contribution in [0.4, 0.5) is 0 Å². The van der Waals surface area contributed by atoms with Gasteiger partial charge in [0.2, 0.25) is 0 Å². The second kappa shape index (κ2) is 10.3. The number of benzene rings is 3. The van der Waals surface area contributed by atoms with E-state index in [2.05, 4.69) is 20.7 Å². The third kappa shape index (κ3) is 5.60. The zero-order chi connectivity index (χ0) is 23.2. The lowest BCUT2D eigenvalue weighted by Crippen LogP contribution is -2.21. The molecule has 4 rings (SSSR count). The summed E-state index contributed by atoms with van der Waals surface area (Å²) in [5.74, 6) is 0.668. The Morgan fingerprint density at radius 2 is 1.73 bits per heavy atom. The summed E-state index contributed by atoms with van der Waals surface area (Å²) < 4.78 is 1.91. The number of phenolic OH excluding ortho intramolecular Hbond substituents is 1. The minimum Gasteiger partial charge on any atom is -0.508 e. The number of phenols is 1. The normalized spacial score (nSPS) is 11.4. The van der Waals surface area contributed by atoms with Gasteiger partial charge in [-0.2, -0.15) is 5.10 Å². The van der Waals surface area contributed by atoms with Gasteiger partial charge in [-0.25, -0.2) is 5.43 Å². The molecule has 0 saturated carbocycles. The fraction of sp³-hybridized carbons (Fsp3) is 0.0833. The van der Waals surface area contributed by atoms with E-state index in [1.807, 2.05) is 47.0 Å². The van der Waals surface area contributed by atoms with Crippen LogP contribution in [0.5, 0.6) is 5.75 Å². The van der Waals surface area contributed by atoms with E-state index in [0.29, 0.717) is 21.7 Å². The van der Waals surface area contributed by atoms with Crippen LogP contribution >= 0.6 is 23.4 Å². The Hall–Kier alpha value is -3.62. The van der Waals surface area contributed by atoms with Crippen LogP contribution in [-0.2, 0) is 4.79 Å². The molecule has 0 atom stereocenters. The van der Waals surface area contributed by atoms with E-state index >= 15 is 0 Å². The van der Waals surface area contributed by atoms with Crippen LogP contribution in [0.1, 0.15) is 12.5 Å². The highest BCUT2D eigenvalue weighted by molar-refractivity contribution is 7.99. The third-order valence-electron chi connectivity index (χ3n) is 4.72. The summed E-state index contributed by atoms with van der Waals surface area (Å²) in [6.07, 6.45) is 0. The number of nitrogens with one attached hydrogen (secondary N) is 1. The molecule has 1 heterocycles. The van der Waals surface area contributed by atoms with Crippen molar-refractivity contribution in [3.63, 3.8) is 0 Å². The minimum atomic E-state index is -0.270. The maximum atomic E-state index is 12.4. The number of hydrogen-bond donors (Lipinski definition) is 2. The van der Waals surface area contributed by atoms with Gasteiger partial charge in [0.15, 0.2) is 11.0 Å². The lowest BCUT2D eigenvalue weighted by molar-refractivity contribution is -0.118. The van der Waals surface area contributed by atoms with Gasteiger partial charge in [0.05, 0.1) is 11.5 Å². The van der Waals surface area contributed by atoms with Crippen molar-refractivity contribution in [1.29, 1.82) is 0 Å². The molecule has 1 amide bonds. The summed E-state index contributed by atoms with van der Waals surface area (Å²) in [7, 11) is 0. The summed E-state index contributed by atoms with van der Waals surface area (Å²) in [4.78, 5) is 12.4. The van der Waals surface area contributed by atoms with E-state index in [4.69, 9.17) is 11.6 Å². The number of nitrogens with zero attached hydrogens (tertiary/aromatic N) is 4. The molecule has 3 aromatic carbocycles. The van der Waals surface area contributed by atoms with Gasteiger partial charge in [0, 0.05) is 16.3 Å². The van der Waals surface area contributed by atoms with Gasteiger partial charge < -0.3 is 5.11 Å². The van der Waals surface area contributed by atoms with Gasteiger partial charge in [0.1, 0.15) is 5.75 Å². The number of para-hydroxylation sites is 1. The average molecular weight is 478 g/mol. The van der Waals surface area contributed by atoms with E-state index in [1.165, 1.54) is 11.8 Å². The van der Waals surface area contributed by atoms with E-state index in [0.717, 1.165) is 16.8 Å². The van der Waals surface area contributed by atoms with E-state index in [9.17, 15) is 9.90 Å². The van der Waals surface area contributed by atoms with Crippen molar-refractivity contribution in [2.45, 2.75) is 12.1 Å². The zero-order valence-corrected chi connectivity index (χ0v) is 19.2. The molecule has 7 nitrogen and oxygen atoms in total. The largest absolute Gasteiger partial charge is 0.508 e. The number of hydrazone groups is 1. The lowest BCUT2D eigenvalue weighted by atomic mass is 10.1. The number of thioether (sulfide) groups is 1. The lowest BCUT2D eigenvalue weighted by Gasteiger charge is -2.10. The number of aromatic nitrogens is 3. The molecule has 33 heavy (non-hydrogen) atoms. The Labute approximate surface area is 200 Å². The average Bonchev–Trinajstić information content (AvgIpc) is 3.26. The molecule has 2 N–H and O–H groups in total. The van der Waals surface area contributed by atoms with Crippen LogP contribution in [0, 0.1) is 0 Å². The second-order valence-electron chi connectivity index (χ2n) is 7.05. The van der Waals surface area contributed by atoms with Gasteiger partial charge in [0.25, 0.3) is 5.91 Å². The standard InChI is InChI=1S/C24H20ClN5O2S/c1-16(17-9-13-21(31)14-10-17)26-27-22(32)15-33-24-29-28-23(18-7-11-19(25)12-8-18)30(24)20-5-3-2-4-6-20/h2-14,31H,15H2,1H3,(H,27,32). The van der Waals surface area contributed by atoms with Crippen molar-refractivity contribution >= 4 is 35.0 Å². The fourth-order valence-electron chi connectivity index (χ4n) is 3.03. The predicted molar refractivity (Wildman–Crippen MR) is 131 cm³/mol. The first-order chi connectivity index (χ1) is 16.0. The smallest absolute Gasteiger partial charge is 0.250 e. The van der Waals surface area contributed by atoms with Crippen molar-refractivity contribution in [3.8, 4) is 22.8 Å². The molecular formula is C24H20ClN5O2S. The number of carbonyl (C=O) groups excluding carboxylic acids is 1. The Morgan fingerprint density at radius 3 is 2.42 bits per heavy atom. The molecule has 0 radical (unpaired) electrons. The second-order valence-corrected chi connectivity index (χ2v) is 8.43. The first-order valence-electron chi connectivity index (χ1n) is 10.0. The molecule has 1 aromatic heterocycles. The zero-order valence-electron chi connectivity index (χ0n) is 17.6. The molecule has 4 aromatic rings. The van der Waals surface area contributed by atoms with Crippen LogP contribution in [-0.4, -0.2) is 37.2 Å². The van der Waals surface area contributed by atoms with E-state index < -0.39 is 0 Å². The first-order valence-corrected chi connectivity index (χ1v) is 11.4. The summed E-state index contributed by atoms with van der Waals surface area (Å²) in [6.45, 7) is 1.78. The molecule has 0 aliphatic carbocycles. The topological polar surface area (TPSA) is 92.4 Å². The van der Waals surface area contributed by atoms with Crippen LogP contribution in [0.2, 0.25) is 5.02 Å². The quantitative estimate of drug-likeness (QED) is 0.224. The van der Waals surface area contributed by atoms with Gasteiger partial charge >= 0.3 is 0 Å². The predicted octanol–water partition coefficient (Wildman–Crippen LogP) is 4.93. The molecule has 0 spiro atoms. The van der Waals surface area contributed by atoms with Crippen molar-refractivity contribution in [2.24, 2.45) is 5.10 Å². The SMILES string of the molecule is CC(=NNC(=O)CSc1nnc(-c2ccc(Cl)cc2)n1-c1ccccc1)c1ccc(O)cc1. The summed E-state index contributed by atoms with van der Waals surface area (Å²) in [6, 6.07) is 23.7. The highest BCUT2D eigenvalue weighted by atomic mass is 35.5. The Balaban J connectivity index is 1.51. The van der Waals surface area contributed by atoms with Crippen LogP contribution in [0.25, 0.3) is 17.1 Å². The highest BCUT2D eigenvalue weighted by Gasteiger charge is 2.17. The molecule has 0 bridgehead atoms. The van der Waals surface area contributed by atoms with Crippen molar-refractivity contribution in [3.05, 3.63) is 89.4 Å². The van der Waals surface area contributed by atoms with Crippen molar-refractivity contribution in [1.82, 2.24) is 20.2 Å². The van der Waals surface area contributed by atoms with Crippen molar-refractivity contribution < 1.29 is 9.90 Å². The monoisotopic (exact) mass is 477 g/mol. The van der Waals surface area contributed by atoms with Gasteiger partial charge in [-0.3, -0.25) is 9.36 Å². The highest BCUT2D eigenvalue weighted by Crippen LogP contribution is 2.28. The Kier molecular flexibility index (Phi) is 7.07.